The van der Waals surface area contributed by atoms with Crippen molar-refractivity contribution in [1.82, 2.24) is 0 Å². The molecular weight excluding hydrogens is 360 g/mol. The summed E-state index contributed by atoms with van der Waals surface area (Å²) in [5.41, 5.74) is 4.59. The third-order valence-corrected chi connectivity index (χ3v) is 6.47. The normalized spacial score (nSPS) is 24.9. The smallest absolute Gasteiger partial charge is 0.129 e. The van der Waals surface area contributed by atoms with Gasteiger partial charge in [0.15, 0.2) is 0 Å². The topological polar surface area (TPSA) is 38.7 Å². The first-order chi connectivity index (χ1) is 14.0. The molecule has 0 spiro atoms. The van der Waals surface area contributed by atoms with Crippen LogP contribution in [-0.2, 0) is 12.8 Å². The van der Waals surface area contributed by atoms with E-state index in [0.29, 0.717) is 12.4 Å². The molecule has 2 aliphatic heterocycles. The third-order valence-electron chi connectivity index (χ3n) is 6.47. The quantitative estimate of drug-likeness (QED) is 0.696. The van der Waals surface area contributed by atoms with E-state index in [2.05, 4.69) is 56.3 Å². The number of fused-ring (bicyclic) bond motifs is 3. The number of aliphatic hydroxyl groups excluding tert-OH is 1. The molecule has 2 aromatic carbocycles. The molecule has 2 atom stereocenters. The second-order valence-corrected chi connectivity index (χ2v) is 9.07. The Morgan fingerprint density at radius 2 is 1.90 bits per heavy atom. The third kappa shape index (κ3) is 3.43. The van der Waals surface area contributed by atoms with Crippen molar-refractivity contribution in [2.24, 2.45) is 5.92 Å². The van der Waals surface area contributed by atoms with Crippen molar-refractivity contribution in [2.75, 3.05) is 6.61 Å². The van der Waals surface area contributed by atoms with E-state index in [0.717, 1.165) is 42.8 Å². The minimum atomic E-state index is -0.114. The minimum Gasteiger partial charge on any atom is -0.508 e. The van der Waals surface area contributed by atoms with Crippen LogP contribution in [0.4, 0.5) is 0 Å². The number of hydrogen-bond acceptors (Lipinski definition) is 3. The molecule has 3 nitrogen and oxygen atoms in total. The van der Waals surface area contributed by atoms with Crippen LogP contribution in [0.3, 0.4) is 0 Å². The average molecular weight is 389 g/mol. The summed E-state index contributed by atoms with van der Waals surface area (Å²) in [6, 6.07) is 14.6. The van der Waals surface area contributed by atoms with Gasteiger partial charge in [0.1, 0.15) is 22.9 Å². The van der Waals surface area contributed by atoms with Crippen LogP contribution in [0.15, 0.2) is 65.9 Å². The standard InChI is InChI=1S/C26H28O3/c1-26(2)13-12-22-24(29-26)11-9-19-14-20(16-28-25(19)22)21-10-8-18(15-23(21)27)17-6-4-3-5-7-17/h3-7,9-11,15,18,20,27H,8,12-14,16H2,1-2H3. The lowest BCUT2D eigenvalue weighted by Crippen LogP contribution is -2.33. The summed E-state index contributed by atoms with van der Waals surface area (Å²) in [7, 11) is 0. The highest BCUT2D eigenvalue weighted by atomic mass is 16.5. The second-order valence-electron chi connectivity index (χ2n) is 9.07. The van der Waals surface area contributed by atoms with Gasteiger partial charge < -0.3 is 14.6 Å². The van der Waals surface area contributed by atoms with Gasteiger partial charge in [-0.05, 0) is 68.4 Å². The fourth-order valence-electron chi connectivity index (χ4n) is 4.84. The molecule has 3 heteroatoms. The number of rotatable bonds is 2. The van der Waals surface area contributed by atoms with E-state index < -0.39 is 0 Å². The van der Waals surface area contributed by atoms with Crippen LogP contribution >= 0.6 is 0 Å². The molecule has 2 heterocycles. The summed E-state index contributed by atoms with van der Waals surface area (Å²) in [6.45, 7) is 4.88. The molecule has 0 saturated carbocycles. The van der Waals surface area contributed by atoms with Crippen LogP contribution in [0, 0.1) is 5.92 Å². The fourth-order valence-corrected chi connectivity index (χ4v) is 4.84. The van der Waals surface area contributed by atoms with E-state index in [4.69, 9.17) is 9.47 Å². The molecule has 0 radical (unpaired) electrons. The molecule has 5 rings (SSSR count). The predicted molar refractivity (Wildman–Crippen MR) is 115 cm³/mol. The van der Waals surface area contributed by atoms with Crippen LogP contribution in [0.2, 0.25) is 0 Å². The van der Waals surface area contributed by atoms with Crippen LogP contribution in [-0.4, -0.2) is 17.3 Å². The van der Waals surface area contributed by atoms with Crippen molar-refractivity contribution in [2.45, 2.75) is 51.0 Å². The summed E-state index contributed by atoms with van der Waals surface area (Å²) in [5, 5.41) is 10.8. The predicted octanol–water partition coefficient (Wildman–Crippen LogP) is 5.90. The van der Waals surface area contributed by atoms with Crippen molar-refractivity contribution in [1.29, 1.82) is 0 Å². The average Bonchev–Trinajstić information content (AvgIpc) is 2.73. The summed E-state index contributed by atoms with van der Waals surface area (Å²) in [4.78, 5) is 0. The summed E-state index contributed by atoms with van der Waals surface area (Å²) >= 11 is 0. The van der Waals surface area contributed by atoms with Crippen LogP contribution in [0.25, 0.3) is 0 Å². The van der Waals surface area contributed by atoms with Gasteiger partial charge in [-0.2, -0.15) is 0 Å². The number of ether oxygens (including phenoxy) is 2. The Balaban J connectivity index is 1.36. The highest BCUT2D eigenvalue weighted by Gasteiger charge is 2.33. The number of allylic oxidation sites excluding steroid dienone is 3. The Labute approximate surface area is 172 Å². The molecule has 0 saturated heterocycles. The van der Waals surface area contributed by atoms with E-state index in [1.54, 1.807) is 0 Å². The molecule has 1 N–H and O–H groups in total. The van der Waals surface area contributed by atoms with Gasteiger partial charge in [0.2, 0.25) is 0 Å². The van der Waals surface area contributed by atoms with Crippen LogP contribution in [0.1, 0.15) is 49.3 Å². The maximum atomic E-state index is 10.8. The second kappa shape index (κ2) is 6.98. The van der Waals surface area contributed by atoms with Crippen molar-refractivity contribution >= 4 is 0 Å². The van der Waals surface area contributed by atoms with Crippen LogP contribution < -0.4 is 9.47 Å². The van der Waals surface area contributed by atoms with Crippen molar-refractivity contribution in [3.05, 3.63) is 82.6 Å². The zero-order valence-corrected chi connectivity index (χ0v) is 17.2. The molecule has 0 amide bonds. The first-order valence-electron chi connectivity index (χ1n) is 10.6. The van der Waals surface area contributed by atoms with E-state index >= 15 is 0 Å². The van der Waals surface area contributed by atoms with Crippen molar-refractivity contribution in [3.8, 4) is 11.5 Å². The van der Waals surface area contributed by atoms with Crippen molar-refractivity contribution in [3.63, 3.8) is 0 Å². The molecule has 2 unspecified atom stereocenters. The fraction of sp³-hybridized carbons (Fsp3) is 0.385. The van der Waals surface area contributed by atoms with E-state index in [9.17, 15) is 5.11 Å². The summed E-state index contributed by atoms with van der Waals surface area (Å²) in [5.74, 6) is 2.81. The summed E-state index contributed by atoms with van der Waals surface area (Å²) in [6.07, 6.45) is 8.01. The van der Waals surface area contributed by atoms with Crippen molar-refractivity contribution < 1.29 is 14.6 Å². The first-order valence-corrected chi connectivity index (χ1v) is 10.6. The molecule has 29 heavy (non-hydrogen) atoms. The number of hydrogen-bond donors (Lipinski definition) is 1. The lowest BCUT2D eigenvalue weighted by atomic mass is 9.81. The Bertz CT molecular complexity index is 985. The molecule has 0 fully saturated rings. The monoisotopic (exact) mass is 388 g/mol. The zero-order valence-electron chi connectivity index (χ0n) is 17.2. The summed E-state index contributed by atoms with van der Waals surface area (Å²) < 4.78 is 12.4. The van der Waals surface area contributed by atoms with E-state index in [1.165, 1.54) is 16.7 Å². The van der Waals surface area contributed by atoms with Gasteiger partial charge in [0, 0.05) is 17.4 Å². The largest absolute Gasteiger partial charge is 0.508 e. The van der Waals surface area contributed by atoms with Crippen LogP contribution in [0.5, 0.6) is 11.5 Å². The molecule has 1 aliphatic carbocycles. The van der Waals surface area contributed by atoms with Gasteiger partial charge in [0.25, 0.3) is 0 Å². The van der Waals surface area contributed by atoms with E-state index in [-0.39, 0.29) is 17.4 Å². The van der Waals surface area contributed by atoms with Gasteiger partial charge in [-0.15, -0.1) is 0 Å². The lowest BCUT2D eigenvalue weighted by molar-refractivity contribution is 0.0824. The molecule has 150 valence electrons. The van der Waals surface area contributed by atoms with Gasteiger partial charge in [-0.1, -0.05) is 42.5 Å². The molecule has 0 bridgehead atoms. The maximum absolute atomic E-state index is 10.8. The van der Waals surface area contributed by atoms with Gasteiger partial charge >= 0.3 is 0 Å². The first kappa shape index (κ1) is 18.4. The molecule has 3 aliphatic rings. The highest BCUT2D eigenvalue weighted by molar-refractivity contribution is 5.53. The SMILES string of the molecule is CC1(C)CCc2c(ccc3c2OCC(C2=CCC(c4ccccc4)C=C2O)C3)O1. The van der Waals surface area contributed by atoms with Gasteiger partial charge in [-0.3, -0.25) is 0 Å². The number of benzene rings is 2. The zero-order chi connectivity index (χ0) is 20.0. The maximum Gasteiger partial charge on any atom is 0.129 e. The van der Waals surface area contributed by atoms with E-state index in [1.807, 2.05) is 12.1 Å². The minimum absolute atomic E-state index is 0.114. The lowest BCUT2D eigenvalue weighted by Gasteiger charge is -2.36. The number of aliphatic hydroxyl groups is 1. The Morgan fingerprint density at radius 1 is 1.07 bits per heavy atom. The van der Waals surface area contributed by atoms with Gasteiger partial charge in [0.05, 0.1) is 6.61 Å². The molecule has 0 aromatic heterocycles. The Kier molecular flexibility index (Phi) is 4.42. The molecular formula is C26H28O3. The van der Waals surface area contributed by atoms with Gasteiger partial charge in [-0.25, -0.2) is 0 Å². The highest BCUT2D eigenvalue weighted by Crippen LogP contribution is 2.44. The Morgan fingerprint density at radius 3 is 2.69 bits per heavy atom. The molecule has 2 aromatic rings. The Hall–Kier alpha value is -2.68.